The van der Waals surface area contributed by atoms with E-state index in [9.17, 15) is 0 Å². The van der Waals surface area contributed by atoms with Crippen molar-refractivity contribution in [3.8, 4) is 0 Å². The lowest BCUT2D eigenvalue weighted by Gasteiger charge is -2.39. The molecule has 2 aromatic rings. The van der Waals surface area contributed by atoms with Crippen LogP contribution in [0.25, 0.3) is 0 Å². The van der Waals surface area contributed by atoms with Gasteiger partial charge in [-0.1, -0.05) is 28.1 Å². The van der Waals surface area contributed by atoms with Gasteiger partial charge in [-0.15, -0.1) is 0 Å². The molecule has 0 atom stereocenters. The van der Waals surface area contributed by atoms with Crippen molar-refractivity contribution in [2.24, 2.45) is 0 Å². The maximum absolute atomic E-state index is 4.28. The van der Waals surface area contributed by atoms with Gasteiger partial charge < -0.3 is 0 Å². The molecular formula is C13H14BrN3. The van der Waals surface area contributed by atoms with Crippen molar-refractivity contribution < 1.29 is 0 Å². The van der Waals surface area contributed by atoms with Crippen LogP contribution in [0.5, 0.6) is 0 Å². The fraction of sp³-hybridized carbons (Fsp3) is 0.308. The number of benzene rings is 1. The molecule has 1 aromatic heterocycles. The summed E-state index contributed by atoms with van der Waals surface area (Å²) in [5.41, 5.74) is 1.36. The summed E-state index contributed by atoms with van der Waals surface area (Å²) in [7, 11) is 0. The largest absolute Gasteiger partial charge is 0.295 e. The Labute approximate surface area is 109 Å². The standard InChI is InChI=1S/C13H14BrN3/c14-12-4-1-3-11(7-12)8-16-9-13(10-16)17-6-2-5-15-17/h1-7,13H,8-10H2. The average Bonchev–Trinajstić information content (AvgIpc) is 2.76. The molecule has 0 radical (unpaired) electrons. The normalized spacial score (nSPS) is 17.0. The van der Waals surface area contributed by atoms with Gasteiger partial charge in [0.25, 0.3) is 0 Å². The van der Waals surface area contributed by atoms with Crippen LogP contribution < -0.4 is 0 Å². The predicted octanol–water partition coefficient (Wildman–Crippen LogP) is 2.70. The lowest BCUT2D eigenvalue weighted by Crippen LogP contribution is -2.47. The zero-order valence-corrected chi connectivity index (χ0v) is 11.0. The van der Waals surface area contributed by atoms with Gasteiger partial charge in [-0.3, -0.25) is 9.58 Å². The van der Waals surface area contributed by atoms with Gasteiger partial charge in [0.15, 0.2) is 0 Å². The first-order valence-electron chi connectivity index (χ1n) is 5.77. The van der Waals surface area contributed by atoms with Crippen LogP contribution in [0, 0.1) is 0 Å². The highest BCUT2D eigenvalue weighted by atomic mass is 79.9. The molecule has 1 saturated heterocycles. The number of hydrogen-bond donors (Lipinski definition) is 0. The molecule has 88 valence electrons. The van der Waals surface area contributed by atoms with Gasteiger partial charge in [0.2, 0.25) is 0 Å². The van der Waals surface area contributed by atoms with E-state index in [4.69, 9.17) is 0 Å². The Morgan fingerprint density at radius 1 is 1.29 bits per heavy atom. The summed E-state index contributed by atoms with van der Waals surface area (Å²) in [6.07, 6.45) is 3.89. The van der Waals surface area contributed by atoms with Crippen LogP contribution in [-0.2, 0) is 6.54 Å². The van der Waals surface area contributed by atoms with Gasteiger partial charge in [-0.05, 0) is 23.8 Å². The van der Waals surface area contributed by atoms with Crippen LogP contribution in [-0.4, -0.2) is 27.8 Å². The van der Waals surface area contributed by atoms with Crippen molar-refractivity contribution in [1.29, 1.82) is 0 Å². The Hall–Kier alpha value is -1.13. The van der Waals surface area contributed by atoms with Crippen LogP contribution in [0.15, 0.2) is 47.2 Å². The molecule has 1 aromatic carbocycles. The molecule has 0 aliphatic carbocycles. The summed E-state index contributed by atoms with van der Waals surface area (Å²) < 4.78 is 3.20. The zero-order chi connectivity index (χ0) is 11.7. The van der Waals surface area contributed by atoms with E-state index in [1.165, 1.54) is 5.56 Å². The molecule has 0 bridgehead atoms. The minimum absolute atomic E-state index is 0.553. The third kappa shape index (κ3) is 2.42. The lowest BCUT2D eigenvalue weighted by atomic mass is 10.1. The van der Waals surface area contributed by atoms with E-state index in [0.29, 0.717) is 6.04 Å². The molecule has 4 heteroatoms. The lowest BCUT2D eigenvalue weighted by molar-refractivity contribution is 0.0909. The molecule has 0 amide bonds. The highest BCUT2D eigenvalue weighted by molar-refractivity contribution is 9.10. The van der Waals surface area contributed by atoms with E-state index < -0.39 is 0 Å². The molecule has 1 aliphatic heterocycles. The summed E-state index contributed by atoms with van der Waals surface area (Å²) in [5.74, 6) is 0. The number of hydrogen-bond acceptors (Lipinski definition) is 2. The van der Waals surface area contributed by atoms with Crippen LogP contribution >= 0.6 is 15.9 Å². The summed E-state index contributed by atoms with van der Waals surface area (Å²) in [5, 5.41) is 4.28. The molecule has 1 aliphatic rings. The number of aromatic nitrogens is 2. The maximum atomic E-state index is 4.28. The highest BCUT2D eigenvalue weighted by Gasteiger charge is 2.27. The van der Waals surface area contributed by atoms with Gasteiger partial charge in [0.05, 0.1) is 6.04 Å². The first-order chi connectivity index (χ1) is 8.31. The van der Waals surface area contributed by atoms with E-state index in [-0.39, 0.29) is 0 Å². The molecule has 2 heterocycles. The summed E-state index contributed by atoms with van der Waals surface area (Å²) in [4.78, 5) is 2.44. The SMILES string of the molecule is Brc1cccc(CN2CC(n3cccn3)C2)c1. The van der Waals surface area contributed by atoms with Gasteiger partial charge >= 0.3 is 0 Å². The topological polar surface area (TPSA) is 21.1 Å². The summed E-state index contributed by atoms with van der Waals surface area (Å²) >= 11 is 3.50. The molecule has 0 spiro atoms. The highest BCUT2D eigenvalue weighted by Crippen LogP contribution is 2.23. The fourth-order valence-electron chi connectivity index (χ4n) is 2.23. The van der Waals surface area contributed by atoms with Crippen LogP contribution in [0.2, 0.25) is 0 Å². The maximum Gasteiger partial charge on any atom is 0.0773 e. The first-order valence-corrected chi connectivity index (χ1v) is 6.56. The second-order valence-electron chi connectivity index (χ2n) is 4.46. The Morgan fingerprint density at radius 3 is 2.88 bits per heavy atom. The smallest absolute Gasteiger partial charge is 0.0773 e. The molecule has 0 N–H and O–H groups in total. The number of likely N-dealkylation sites (tertiary alicyclic amines) is 1. The van der Waals surface area contributed by atoms with Crippen molar-refractivity contribution in [1.82, 2.24) is 14.7 Å². The molecule has 1 fully saturated rings. The quantitative estimate of drug-likeness (QED) is 0.867. The van der Waals surface area contributed by atoms with Crippen molar-refractivity contribution in [2.45, 2.75) is 12.6 Å². The number of nitrogens with zero attached hydrogens (tertiary/aromatic N) is 3. The second kappa shape index (κ2) is 4.63. The molecule has 0 unspecified atom stereocenters. The number of halogens is 1. The van der Waals surface area contributed by atoms with Crippen LogP contribution in [0.1, 0.15) is 11.6 Å². The van der Waals surface area contributed by atoms with Gasteiger partial charge in [-0.25, -0.2) is 0 Å². The average molecular weight is 292 g/mol. The summed E-state index contributed by atoms with van der Waals surface area (Å²) in [6, 6.07) is 11.0. The molecule has 3 nitrogen and oxygen atoms in total. The monoisotopic (exact) mass is 291 g/mol. The minimum Gasteiger partial charge on any atom is -0.295 e. The predicted molar refractivity (Wildman–Crippen MR) is 70.7 cm³/mol. The molecule has 17 heavy (non-hydrogen) atoms. The van der Waals surface area contributed by atoms with Crippen LogP contribution in [0.3, 0.4) is 0 Å². The second-order valence-corrected chi connectivity index (χ2v) is 5.38. The molecule has 3 rings (SSSR count). The van der Waals surface area contributed by atoms with E-state index in [0.717, 1.165) is 24.1 Å². The fourth-order valence-corrected chi connectivity index (χ4v) is 2.68. The molecular weight excluding hydrogens is 278 g/mol. The first kappa shape index (κ1) is 11.0. The Morgan fingerprint density at radius 2 is 2.18 bits per heavy atom. The van der Waals surface area contributed by atoms with Gasteiger partial charge in [0, 0.05) is 36.5 Å². The van der Waals surface area contributed by atoms with Crippen molar-refractivity contribution >= 4 is 15.9 Å². The minimum atomic E-state index is 0.553. The Kier molecular flexibility index (Phi) is 2.99. The summed E-state index contributed by atoms with van der Waals surface area (Å²) in [6.45, 7) is 3.21. The van der Waals surface area contributed by atoms with Crippen molar-refractivity contribution in [3.63, 3.8) is 0 Å². The van der Waals surface area contributed by atoms with E-state index in [1.54, 1.807) is 0 Å². The number of rotatable bonds is 3. The molecule has 0 saturated carbocycles. The van der Waals surface area contributed by atoms with Crippen molar-refractivity contribution in [2.75, 3.05) is 13.1 Å². The third-order valence-electron chi connectivity index (χ3n) is 3.13. The zero-order valence-electron chi connectivity index (χ0n) is 9.46. The third-order valence-corrected chi connectivity index (χ3v) is 3.63. The van der Waals surface area contributed by atoms with Crippen molar-refractivity contribution in [3.05, 3.63) is 52.8 Å². The van der Waals surface area contributed by atoms with Crippen LogP contribution in [0.4, 0.5) is 0 Å². The van der Waals surface area contributed by atoms with E-state index in [2.05, 4.69) is 54.9 Å². The van der Waals surface area contributed by atoms with E-state index in [1.807, 2.05) is 18.5 Å². The van der Waals surface area contributed by atoms with Gasteiger partial charge in [-0.2, -0.15) is 5.10 Å². The van der Waals surface area contributed by atoms with Gasteiger partial charge in [0.1, 0.15) is 0 Å². The van der Waals surface area contributed by atoms with E-state index >= 15 is 0 Å². The Balaban J connectivity index is 1.56. The Bertz CT molecular complexity index is 489.